The van der Waals surface area contributed by atoms with Gasteiger partial charge in [-0.05, 0) is 25.8 Å². The Morgan fingerprint density at radius 3 is 3.12 bits per heavy atom. The number of methoxy groups -OCH3 is 1. The molecule has 4 heteroatoms. The quantitative estimate of drug-likeness (QED) is 0.868. The molecule has 1 aromatic rings. The van der Waals surface area contributed by atoms with Crippen molar-refractivity contribution in [3.05, 3.63) is 23.9 Å². The van der Waals surface area contributed by atoms with Crippen LogP contribution < -0.4 is 4.90 Å². The van der Waals surface area contributed by atoms with Crippen LogP contribution in [0.15, 0.2) is 18.3 Å². The molecule has 0 aliphatic carbocycles. The lowest BCUT2D eigenvalue weighted by Gasteiger charge is -2.34. The van der Waals surface area contributed by atoms with E-state index in [1.807, 2.05) is 12.1 Å². The monoisotopic (exact) mass is 236 g/mol. The molecular formula is C13H20N2O2. The Morgan fingerprint density at radius 1 is 1.59 bits per heavy atom. The van der Waals surface area contributed by atoms with Gasteiger partial charge in [0.05, 0.1) is 12.2 Å². The van der Waals surface area contributed by atoms with E-state index in [0.717, 1.165) is 37.3 Å². The summed E-state index contributed by atoms with van der Waals surface area (Å²) >= 11 is 0. The number of aliphatic hydroxyl groups is 1. The highest BCUT2D eigenvalue weighted by molar-refractivity contribution is 5.48. The number of aliphatic hydroxyl groups excluding tert-OH is 1. The molecule has 1 aliphatic heterocycles. The summed E-state index contributed by atoms with van der Waals surface area (Å²) in [5, 5.41) is 9.76. The molecule has 0 saturated carbocycles. The van der Waals surface area contributed by atoms with Crippen molar-refractivity contribution in [3.8, 4) is 0 Å². The highest BCUT2D eigenvalue weighted by atomic mass is 16.5. The Morgan fingerprint density at radius 2 is 2.41 bits per heavy atom. The second kappa shape index (κ2) is 5.47. The molecule has 0 amide bonds. The molecule has 0 spiro atoms. The van der Waals surface area contributed by atoms with Crippen LogP contribution in [0.25, 0.3) is 0 Å². The minimum Gasteiger partial charge on any atom is -0.389 e. The summed E-state index contributed by atoms with van der Waals surface area (Å²) in [4.78, 5) is 6.61. The van der Waals surface area contributed by atoms with Crippen LogP contribution in [0.4, 0.5) is 5.82 Å². The lowest BCUT2D eigenvalue weighted by atomic mass is 10.1. The van der Waals surface area contributed by atoms with Gasteiger partial charge in [-0.3, -0.25) is 0 Å². The number of rotatable bonds is 3. The van der Waals surface area contributed by atoms with E-state index in [2.05, 4.69) is 9.88 Å². The molecule has 2 heterocycles. The molecule has 0 bridgehead atoms. The fraction of sp³-hybridized carbons (Fsp3) is 0.615. The van der Waals surface area contributed by atoms with Crippen molar-refractivity contribution in [1.29, 1.82) is 0 Å². The molecule has 17 heavy (non-hydrogen) atoms. The number of ether oxygens (including phenoxy) is 1. The van der Waals surface area contributed by atoms with Crippen molar-refractivity contribution in [1.82, 2.24) is 4.98 Å². The summed E-state index contributed by atoms with van der Waals surface area (Å²) in [6, 6.07) is 3.80. The number of hydrogen-bond acceptors (Lipinski definition) is 4. The third-order valence-electron chi connectivity index (χ3n) is 3.28. The molecular weight excluding hydrogens is 216 g/mol. The number of piperidine rings is 1. The van der Waals surface area contributed by atoms with Gasteiger partial charge in [0.15, 0.2) is 0 Å². The van der Waals surface area contributed by atoms with Crippen LogP contribution >= 0.6 is 0 Å². The van der Waals surface area contributed by atoms with E-state index in [4.69, 9.17) is 4.74 Å². The van der Waals surface area contributed by atoms with Crippen LogP contribution in [0.1, 0.15) is 31.4 Å². The second-order valence-corrected chi connectivity index (χ2v) is 4.54. The van der Waals surface area contributed by atoms with Crippen LogP contribution in [0.5, 0.6) is 0 Å². The molecule has 1 unspecified atom stereocenters. The zero-order valence-electron chi connectivity index (χ0n) is 10.5. The third-order valence-corrected chi connectivity index (χ3v) is 3.28. The molecule has 1 fully saturated rings. The zero-order chi connectivity index (χ0) is 12.3. The maximum absolute atomic E-state index is 9.76. The van der Waals surface area contributed by atoms with Crippen molar-refractivity contribution in [2.24, 2.45) is 0 Å². The SMILES string of the molecule is COC1CCCN(c2ncccc2[C@H](C)O)C1. The van der Waals surface area contributed by atoms with Gasteiger partial charge in [0, 0.05) is 32.0 Å². The van der Waals surface area contributed by atoms with Gasteiger partial charge in [-0.25, -0.2) is 4.98 Å². The molecule has 0 radical (unpaired) electrons. The highest BCUT2D eigenvalue weighted by Gasteiger charge is 2.23. The Kier molecular flexibility index (Phi) is 3.97. The predicted octanol–water partition coefficient (Wildman–Crippen LogP) is 1.75. The van der Waals surface area contributed by atoms with Gasteiger partial charge < -0.3 is 14.7 Å². The molecule has 1 aromatic heterocycles. The zero-order valence-corrected chi connectivity index (χ0v) is 10.5. The standard InChI is InChI=1S/C13H20N2O2/c1-10(16)12-6-3-7-14-13(12)15-8-4-5-11(9-15)17-2/h3,6-7,10-11,16H,4-5,8-9H2,1-2H3/t10-,11?/m0/s1. The lowest BCUT2D eigenvalue weighted by molar-refractivity contribution is 0.0889. The second-order valence-electron chi connectivity index (χ2n) is 4.54. The number of anilines is 1. The van der Waals surface area contributed by atoms with Crippen LogP contribution in [0.2, 0.25) is 0 Å². The first-order valence-electron chi connectivity index (χ1n) is 6.13. The minimum atomic E-state index is -0.485. The van der Waals surface area contributed by atoms with Gasteiger partial charge in [0.1, 0.15) is 5.82 Å². The largest absolute Gasteiger partial charge is 0.389 e. The number of nitrogens with zero attached hydrogens (tertiary/aromatic N) is 2. The van der Waals surface area contributed by atoms with E-state index in [0.29, 0.717) is 0 Å². The molecule has 94 valence electrons. The fourth-order valence-corrected chi connectivity index (χ4v) is 2.32. The van der Waals surface area contributed by atoms with Gasteiger partial charge in [-0.1, -0.05) is 6.07 Å². The van der Waals surface area contributed by atoms with Gasteiger partial charge in [0.25, 0.3) is 0 Å². The molecule has 1 saturated heterocycles. The van der Waals surface area contributed by atoms with E-state index in [-0.39, 0.29) is 6.10 Å². The van der Waals surface area contributed by atoms with E-state index in [9.17, 15) is 5.11 Å². The summed E-state index contributed by atoms with van der Waals surface area (Å²) in [6.45, 7) is 3.61. The summed E-state index contributed by atoms with van der Waals surface area (Å²) < 4.78 is 5.41. The van der Waals surface area contributed by atoms with Gasteiger partial charge in [0.2, 0.25) is 0 Å². The van der Waals surface area contributed by atoms with E-state index < -0.39 is 6.10 Å². The average molecular weight is 236 g/mol. The van der Waals surface area contributed by atoms with Gasteiger partial charge >= 0.3 is 0 Å². The smallest absolute Gasteiger partial charge is 0.134 e. The van der Waals surface area contributed by atoms with Crippen LogP contribution in [0, 0.1) is 0 Å². The average Bonchev–Trinajstić information content (AvgIpc) is 2.39. The first-order valence-corrected chi connectivity index (χ1v) is 6.13. The first-order chi connectivity index (χ1) is 8.22. The Hall–Kier alpha value is -1.13. The summed E-state index contributed by atoms with van der Waals surface area (Å²) in [7, 11) is 1.75. The summed E-state index contributed by atoms with van der Waals surface area (Å²) in [5.74, 6) is 0.893. The molecule has 1 aliphatic rings. The normalized spacial score (nSPS) is 22.5. The molecule has 2 atom stereocenters. The molecule has 2 rings (SSSR count). The Labute approximate surface area is 102 Å². The van der Waals surface area contributed by atoms with Crippen LogP contribution in [-0.2, 0) is 4.74 Å². The van der Waals surface area contributed by atoms with Crippen molar-refractivity contribution < 1.29 is 9.84 Å². The topological polar surface area (TPSA) is 45.6 Å². The fourth-order valence-electron chi connectivity index (χ4n) is 2.32. The summed E-state index contributed by atoms with van der Waals surface area (Å²) in [5.41, 5.74) is 0.893. The van der Waals surface area contributed by atoms with Crippen molar-refractivity contribution >= 4 is 5.82 Å². The van der Waals surface area contributed by atoms with Crippen molar-refractivity contribution in [3.63, 3.8) is 0 Å². The van der Waals surface area contributed by atoms with Gasteiger partial charge in [-0.2, -0.15) is 0 Å². The van der Waals surface area contributed by atoms with E-state index >= 15 is 0 Å². The maximum Gasteiger partial charge on any atom is 0.134 e. The van der Waals surface area contributed by atoms with E-state index in [1.165, 1.54) is 0 Å². The predicted molar refractivity (Wildman–Crippen MR) is 67.1 cm³/mol. The van der Waals surface area contributed by atoms with Crippen molar-refractivity contribution in [2.75, 3.05) is 25.1 Å². The summed E-state index contributed by atoms with van der Waals surface area (Å²) in [6.07, 6.45) is 3.77. The lowest BCUT2D eigenvalue weighted by Crippen LogP contribution is -2.40. The van der Waals surface area contributed by atoms with Gasteiger partial charge in [-0.15, -0.1) is 0 Å². The Bertz CT molecular complexity index is 368. The molecule has 1 N–H and O–H groups in total. The first kappa shape index (κ1) is 12.3. The maximum atomic E-state index is 9.76. The Balaban J connectivity index is 2.21. The van der Waals surface area contributed by atoms with E-state index in [1.54, 1.807) is 20.2 Å². The van der Waals surface area contributed by atoms with Crippen LogP contribution in [-0.4, -0.2) is 36.4 Å². The molecule has 4 nitrogen and oxygen atoms in total. The number of pyridine rings is 1. The minimum absolute atomic E-state index is 0.271. The highest BCUT2D eigenvalue weighted by Crippen LogP contribution is 2.26. The third kappa shape index (κ3) is 2.76. The number of hydrogen-bond donors (Lipinski definition) is 1. The van der Waals surface area contributed by atoms with Crippen LogP contribution in [0.3, 0.4) is 0 Å². The number of aromatic nitrogens is 1. The molecule has 0 aromatic carbocycles. The van der Waals surface area contributed by atoms with Crippen molar-refractivity contribution in [2.45, 2.75) is 32.0 Å².